The van der Waals surface area contributed by atoms with Crippen molar-refractivity contribution in [1.29, 1.82) is 5.26 Å². The maximum atomic E-state index is 11.9. The molecule has 0 radical (unpaired) electrons. The number of furan rings is 1. The maximum Gasteiger partial charge on any atom is 0.349 e. The van der Waals surface area contributed by atoms with Crippen molar-refractivity contribution in [2.24, 2.45) is 0 Å². The Labute approximate surface area is 145 Å². The number of ether oxygens (including phenoxy) is 1. The van der Waals surface area contributed by atoms with Crippen molar-refractivity contribution in [3.8, 4) is 17.4 Å². The van der Waals surface area contributed by atoms with E-state index in [0.717, 1.165) is 5.56 Å². The molecule has 0 spiro atoms. The zero-order chi connectivity index (χ0) is 17.5. The SMILES string of the molecule is CN(C)CCOC(=O)/C(C#N)=C/c1ccc(-c2cccc(Cl)c2)o1. The van der Waals surface area contributed by atoms with E-state index in [2.05, 4.69) is 0 Å². The number of likely N-dealkylation sites (N-methyl/N-ethyl adjacent to an activating group) is 1. The van der Waals surface area contributed by atoms with Gasteiger partial charge >= 0.3 is 5.97 Å². The van der Waals surface area contributed by atoms with E-state index in [1.165, 1.54) is 6.08 Å². The number of carbonyl (C=O) groups is 1. The molecule has 0 aliphatic heterocycles. The molecule has 0 amide bonds. The largest absolute Gasteiger partial charge is 0.460 e. The summed E-state index contributed by atoms with van der Waals surface area (Å²) in [5.74, 6) is 0.327. The van der Waals surface area contributed by atoms with Crippen molar-refractivity contribution in [3.05, 3.63) is 52.8 Å². The number of esters is 1. The van der Waals surface area contributed by atoms with E-state index in [-0.39, 0.29) is 12.2 Å². The first kappa shape index (κ1) is 17.8. The average Bonchev–Trinajstić information content (AvgIpc) is 3.00. The topological polar surface area (TPSA) is 66.5 Å². The van der Waals surface area contributed by atoms with E-state index in [9.17, 15) is 4.79 Å². The fraction of sp³-hybridized carbons (Fsp3) is 0.222. The molecule has 24 heavy (non-hydrogen) atoms. The van der Waals surface area contributed by atoms with Gasteiger partial charge in [-0.15, -0.1) is 0 Å². The number of nitriles is 1. The molecule has 2 rings (SSSR count). The molecule has 0 N–H and O–H groups in total. The highest BCUT2D eigenvalue weighted by Crippen LogP contribution is 2.25. The quantitative estimate of drug-likeness (QED) is 0.455. The van der Waals surface area contributed by atoms with Crippen LogP contribution in [-0.4, -0.2) is 38.1 Å². The van der Waals surface area contributed by atoms with Gasteiger partial charge in [0.1, 0.15) is 29.8 Å². The molecule has 2 aromatic rings. The first-order valence-electron chi connectivity index (χ1n) is 7.29. The van der Waals surface area contributed by atoms with Crippen LogP contribution in [0.5, 0.6) is 0 Å². The van der Waals surface area contributed by atoms with Gasteiger partial charge in [0, 0.05) is 23.2 Å². The normalized spacial score (nSPS) is 11.4. The maximum absolute atomic E-state index is 11.9. The van der Waals surface area contributed by atoms with Crippen LogP contribution < -0.4 is 0 Å². The third-order valence-electron chi connectivity index (χ3n) is 3.13. The summed E-state index contributed by atoms with van der Waals surface area (Å²) in [6.07, 6.45) is 1.37. The van der Waals surface area contributed by atoms with E-state index in [0.29, 0.717) is 23.1 Å². The van der Waals surface area contributed by atoms with Crippen LogP contribution in [0.3, 0.4) is 0 Å². The van der Waals surface area contributed by atoms with Gasteiger partial charge in [0.25, 0.3) is 0 Å². The summed E-state index contributed by atoms with van der Waals surface area (Å²) in [4.78, 5) is 13.8. The Kier molecular flexibility index (Phi) is 6.19. The Balaban J connectivity index is 2.11. The summed E-state index contributed by atoms with van der Waals surface area (Å²) in [5.41, 5.74) is 0.704. The van der Waals surface area contributed by atoms with Crippen LogP contribution >= 0.6 is 11.6 Å². The molecule has 6 heteroatoms. The highest BCUT2D eigenvalue weighted by molar-refractivity contribution is 6.30. The molecule has 1 aromatic carbocycles. The second-order valence-electron chi connectivity index (χ2n) is 5.32. The van der Waals surface area contributed by atoms with Gasteiger partial charge in [0.2, 0.25) is 0 Å². The number of hydrogen-bond acceptors (Lipinski definition) is 5. The minimum Gasteiger partial charge on any atom is -0.460 e. The van der Waals surface area contributed by atoms with Crippen molar-refractivity contribution in [1.82, 2.24) is 4.90 Å². The first-order valence-corrected chi connectivity index (χ1v) is 7.67. The van der Waals surface area contributed by atoms with Crippen molar-refractivity contribution in [2.45, 2.75) is 0 Å². The zero-order valence-electron chi connectivity index (χ0n) is 13.5. The van der Waals surface area contributed by atoms with Crippen LogP contribution in [-0.2, 0) is 9.53 Å². The number of hydrogen-bond donors (Lipinski definition) is 0. The van der Waals surface area contributed by atoms with Gasteiger partial charge < -0.3 is 14.1 Å². The fourth-order valence-corrected chi connectivity index (χ4v) is 2.10. The molecular formula is C18H17ClN2O3. The average molecular weight is 345 g/mol. The monoisotopic (exact) mass is 344 g/mol. The van der Waals surface area contributed by atoms with Crippen LogP contribution in [0.1, 0.15) is 5.76 Å². The summed E-state index contributed by atoms with van der Waals surface area (Å²) in [5, 5.41) is 9.74. The summed E-state index contributed by atoms with van der Waals surface area (Å²) in [7, 11) is 3.74. The van der Waals surface area contributed by atoms with Gasteiger partial charge in [-0.25, -0.2) is 4.79 Å². The lowest BCUT2D eigenvalue weighted by Gasteiger charge is -2.09. The summed E-state index contributed by atoms with van der Waals surface area (Å²) < 4.78 is 10.7. The molecule has 1 heterocycles. The molecule has 0 aliphatic carbocycles. The number of nitrogens with zero attached hydrogens (tertiary/aromatic N) is 2. The second kappa shape index (κ2) is 8.34. The third-order valence-corrected chi connectivity index (χ3v) is 3.37. The van der Waals surface area contributed by atoms with Crippen molar-refractivity contribution in [3.63, 3.8) is 0 Å². The standard InChI is InChI=1S/C18H17ClN2O3/c1-21(2)8-9-23-18(22)14(12-20)11-16-6-7-17(24-16)13-4-3-5-15(19)10-13/h3-7,10-11H,8-9H2,1-2H3/b14-11+. The molecule has 0 saturated carbocycles. The van der Waals surface area contributed by atoms with Crippen LogP contribution in [0.2, 0.25) is 5.02 Å². The van der Waals surface area contributed by atoms with Crippen molar-refractivity contribution in [2.75, 3.05) is 27.2 Å². The van der Waals surface area contributed by atoms with Crippen LogP contribution in [0.4, 0.5) is 0 Å². The van der Waals surface area contributed by atoms with Crippen molar-refractivity contribution < 1.29 is 13.9 Å². The Morgan fingerprint density at radius 2 is 2.17 bits per heavy atom. The Morgan fingerprint density at radius 1 is 1.38 bits per heavy atom. The highest BCUT2D eigenvalue weighted by Gasteiger charge is 2.12. The lowest BCUT2D eigenvalue weighted by atomic mass is 10.2. The predicted octanol–water partition coefficient (Wildman–Crippen LogP) is 3.61. The molecule has 0 saturated heterocycles. The third kappa shape index (κ3) is 4.98. The van der Waals surface area contributed by atoms with Crippen LogP contribution in [0.25, 0.3) is 17.4 Å². The van der Waals surface area contributed by atoms with Gasteiger partial charge in [-0.1, -0.05) is 23.7 Å². The van der Waals surface area contributed by atoms with E-state index in [4.69, 9.17) is 26.0 Å². The van der Waals surface area contributed by atoms with Gasteiger partial charge in [0.05, 0.1) is 0 Å². The van der Waals surface area contributed by atoms with E-state index < -0.39 is 5.97 Å². The lowest BCUT2D eigenvalue weighted by molar-refractivity contribution is -0.138. The Hall–Kier alpha value is -2.55. The molecular weight excluding hydrogens is 328 g/mol. The zero-order valence-corrected chi connectivity index (χ0v) is 14.2. The summed E-state index contributed by atoms with van der Waals surface area (Å²) >= 11 is 5.96. The van der Waals surface area contributed by atoms with Gasteiger partial charge in [-0.3, -0.25) is 0 Å². The number of benzene rings is 1. The molecule has 0 atom stereocenters. The van der Waals surface area contributed by atoms with Gasteiger partial charge in [-0.05, 0) is 38.4 Å². The van der Waals surface area contributed by atoms with Gasteiger partial charge in [-0.2, -0.15) is 5.26 Å². The van der Waals surface area contributed by atoms with Gasteiger partial charge in [0.15, 0.2) is 0 Å². The molecule has 0 aliphatic rings. The van der Waals surface area contributed by atoms with Crippen LogP contribution in [0, 0.1) is 11.3 Å². The minimum atomic E-state index is -0.667. The molecule has 124 valence electrons. The van der Waals surface area contributed by atoms with Crippen molar-refractivity contribution >= 4 is 23.6 Å². The van der Waals surface area contributed by atoms with E-state index in [1.54, 1.807) is 24.3 Å². The molecule has 5 nitrogen and oxygen atoms in total. The Morgan fingerprint density at radius 3 is 2.83 bits per heavy atom. The van der Waals surface area contributed by atoms with E-state index >= 15 is 0 Å². The summed E-state index contributed by atoms with van der Waals surface area (Å²) in [6, 6.07) is 12.5. The highest BCUT2D eigenvalue weighted by atomic mass is 35.5. The number of carbonyl (C=O) groups excluding carboxylic acids is 1. The lowest BCUT2D eigenvalue weighted by Crippen LogP contribution is -2.20. The number of halogens is 1. The Bertz CT molecular complexity index is 788. The molecule has 0 unspecified atom stereocenters. The van der Waals surface area contributed by atoms with E-state index in [1.807, 2.05) is 37.2 Å². The summed E-state index contributed by atoms with van der Waals surface area (Å²) in [6.45, 7) is 0.806. The fourth-order valence-electron chi connectivity index (χ4n) is 1.91. The first-order chi connectivity index (χ1) is 11.5. The smallest absolute Gasteiger partial charge is 0.349 e. The molecule has 1 aromatic heterocycles. The minimum absolute atomic E-state index is 0.110. The predicted molar refractivity (Wildman–Crippen MR) is 92.3 cm³/mol. The molecule has 0 fully saturated rings. The second-order valence-corrected chi connectivity index (χ2v) is 5.76. The number of rotatable bonds is 6. The molecule has 0 bridgehead atoms. The van der Waals surface area contributed by atoms with Crippen LogP contribution in [0.15, 0.2) is 46.4 Å².